The second kappa shape index (κ2) is 9.46. The van der Waals surface area contributed by atoms with Gasteiger partial charge in [0.2, 0.25) is 5.78 Å². The number of fused-ring (bicyclic) bond motifs is 3. The van der Waals surface area contributed by atoms with Gasteiger partial charge in [-0.2, -0.15) is 0 Å². The van der Waals surface area contributed by atoms with Crippen LogP contribution in [0.15, 0.2) is 76.7 Å². The van der Waals surface area contributed by atoms with Crippen molar-refractivity contribution in [3.05, 3.63) is 99.6 Å². The first kappa shape index (κ1) is 23.0. The van der Waals surface area contributed by atoms with Crippen LogP contribution < -0.4 is 5.56 Å². The lowest BCUT2D eigenvalue weighted by atomic mass is 10.1. The minimum atomic E-state index is -0.359. The minimum absolute atomic E-state index is 0.0223. The molecular formula is C27H23FN4O2S. The molecule has 0 bridgehead atoms. The number of para-hydroxylation sites is 1. The molecule has 0 amide bonds. The molecule has 2 aromatic heterocycles. The summed E-state index contributed by atoms with van der Waals surface area (Å²) < 4.78 is 16.6. The Labute approximate surface area is 205 Å². The fourth-order valence-electron chi connectivity index (χ4n) is 4.13. The van der Waals surface area contributed by atoms with Gasteiger partial charge in [-0.3, -0.25) is 14.0 Å². The van der Waals surface area contributed by atoms with Crippen LogP contribution in [0.1, 0.15) is 34.3 Å². The Morgan fingerprint density at radius 1 is 1.00 bits per heavy atom. The highest BCUT2D eigenvalue weighted by Crippen LogP contribution is 2.25. The lowest BCUT2D eigenvalue weighted by Gasteiger charge is -2.14. The highest BCUT2D eigenvalue weighted by molar-refractivity contribution is 7.99. The van der Waals surface area contributed by atoms with Crippen molar-refractivity contribution in [2.24, 2.45) is 0 Å². The van der Waals surface area contributed by atoms with Gasteiger partial charge in [0, 0.05) is 17.7 Å². The predicted octanol–water partition coefficient (Wildman–Crippen LogP) is 5.54. The second-order valence-corrected chi connectivity index (χ2v) is 9.51. The molecule has 0 aliphatic heterocycles. The maximum absolute atomic E-state index is 13.5. The van der Waals surface area contributed by atoms with Gasteiger partial charge < -0.3 is 0 Å². The molecule has 5 aromatic rings. The summed E-state index contributed by atoms with van der Waals surface area (Å²) in [6.07, 6.45) is 0.980. The van der Waals surface area contributed by atoms with E-state index in [-0.39, 0.29) is 17.2 Å². The molecule has 0 saturated carbocycles. The molecule has 176 valence electrons. The van der Waals surface area contributed by atoms with E-state index in [0.29, 0.717) is 40.5 Å². The Morgan fingerprint density at radius 3 is 2.57 bits per heavy atom. The summed E-state index contributed by atoms with van der Waals surface area (Å²) >= 11 is 1.49. The van der Waals surface area contributed by atoms with Crippen molar-refractivity contribution in [2.45, 2.75) is 31.8 Å². The van der Waals surface area contributed by atoms with Crippen molar-refractivity contribution < 1.29 is 9.18 Å². The molecule has 0 aliphatic rings. The van der Waals surface area contributed by atoms with Crippen LogP contribution in [0.2, 0.25) is 0 Å². The number of hydrogen-bond donors (Lipinski definition) is 0. The molecule has 5 rings (SSSR count). The Morgan fingerprint density at radius 2 is 1.77 bits per heavy atom. The molecule has 8 heteroatoms. The van der Waals surface area contributed by atoms with E-state index < -0.39 is 0 Å². The van der Waals surface area contributed by atoms with E-state index in [1.165, 1.54) is 36.0 Å². The van der Waals surface area contributed by atoms with Crippen molar-refractivity contribution in [1.82, 2.24) is 19.2 Å². The third-order valence-corrected chi connectivity index (χ3v) is 6.96. The van der Waals surface area contributed by atoms with Gasteiger partial charge in [-0.05, 0) is 73.9 Å². The molecule has 0 fully saturated rings. The van der Waals surface area contributed by atoms with Crippen LogP contribution in [0.25, 0.3) is 22.4 Å². The quantitative estimate of drug-likeness (QED) is 0.172. The summed E-state index contributed by atoms with van der Waals surface area (Å²) in [4.78, 5) is 25.9. The third kappa shape index (κ3) is 4.37. The number of thioether (sulfide) groups is 1. The number of aromatic nitrogens is 4. The van der Waals surface area contributed by atoms with E-state index >= 15 is 0 Å². The van der Waals surface area contributed by atoms with Crippen LogP contribution in [-0.2, 0) is 0 Å². The molecule has 0 saturated heterocycles. The summed E-state index contributed by atoms with van der Waals surface area (Å²) in [5.41, 5.74) is 3.89. The number of halogens is 1. The van der Waals surface area contributed by atoms with Crippen molar-refractivity contribution in [3.8, 4) is 5.69 Å². The lowest BCUT2D eigenvalue weighted by molar-refractivity contribution is 0.0982. The average Bonchev–Trinajstić information content (AvgIpc) is 3.28. The van der Waals surface area contributed by atoms with Gasteiger partial charge in [0.1, 0.15) is 5.82 Å². The number of aryl methyl sites for hydroxylation is 2. The summed E-state index contributed by atoms with van der Waals surface area (Å²) in [6.45, 7) is 3.96. The molecule has 35 heavy (non-hydrogen) atoms. The van der Waals surface area contributed by atoms with E-state index in [0.717, 1.165) is 22.3 Å². The van der Waals surface area contributed by atoms with Gasteiger partial charge in [-0.1, -0.05) is 36.0 Å². The van der Waals surface area contributed by atoms with Crippen LogP contribution in [0, 0.1) is 19.7 Å². The zero-order chi connectivity index (χ0) is 24.5. The highest BCUT2D eigenvalue weighted by Gasteiger charge is 2.19. The molecule has 6 nitrogen and oxygen atoms in total. The number of carbonyl (C=O) groups excluding carboxylic acids is 1. The number of ketones is 1. The van der Waals surface area contributed by atoms with Crippen molar-refractivity contribution in [3.63, 3.8) is 0 Å². The number of Topliss-reactive ketones (excluding diaryl/α,β-unsaturated/α-hetero) is 1. The number of rotatable bonds is 7. The lowest BCUT2D eigenvalue weighted by Crippen LogP contribution is -2.22. The maximum Gasteiger partial charge on any atom is 0.267 e. The normalized spacial score (nSPS) is 11.4. The van der Waals surface area contributed by atoms with Crippen molar-refractivity contribution >= 4 is 34.2 Å². The maximum atomic E-state index is 13.5. The van der Waals surface area contributed by atoms with Crippen molar-refractivity contribution in [1.29, 1.82) is 0 Å². The average molecular weight is 487 g/mol. The fourth-order valence-corrected chi connectivity index (χ4v) is 5.00. The Hall–Kier alpha value is -3.78. The van der Waals surface area contributed by atoms with E-state index in [2.05, 4.69) is 10.2 Å². The summed E-state index contributed by atoms with van der Waals surface area (Å²) in [7, 11) is 0. The molecule has 0 N–H and O–H groups in total. The summed E-state index contributed by atoms with van der Waals surface area (Å²) in [5.74, 6) is 0.713. The topological polar surface area (TPSA) is 69.3 Å². The van der Waals surface area contributed by atoms with Crippen LogP contribution in [0.3, 0.4) is 0 Å². The van der Waals surface area contributed by atoms with Gasteiger partial charge in [0.25, 0.3) is 5.56 Å². The third-order valence-electron chi connectivity index (χ3n) is 5.95. The van der Waals surface area contributed by atoms with Crippen LogP contribution in [0.4, 0.5) is 4.39 Å². The van der Waals surface area contributed by atoms with Gasteiger partial charge in [0.15, 0.2) is 10.9 Å². The van der Waals surface area contributed by atoms with Crippen molar-refractivity contribution in [2.75, 3.05) is 5.75 Å². The smallest absolute Gasteiger partial charge is 0.267 e. The Kier molecular flexibility index (Phi) is 6.21. The first-order valence-electron chi connectivity index (χ1n) is 11.3. The molecule has 0 spiro atoms. The molecular weight excluding hydrogens is 463 g/mol. The van der Waals surface area contributed by atoms with E-state index in [1.807, 2.05) is 60.7 Å². The number of carbonyl (C=O) groups is 1. The van der Waals surface area contributed by atoms with E-state index in [9.17, 15) is 14.0 Å². The SMILES string of the molecule is Cc1ccc(C)c(-n2c(=O)c3ccccc3n3c(SCCCC(=O)c4ccc(F)cc4)nnc23)c1. The van der Waals surface area contributed by atoms with Gasteiger partial charge >= 0.3 is 0 Å². The molecule has 0 unspecified atom stereocenters. The van der Waals surface area contributed by atoms with Crippen LogP contribution >= 0.6 is 11.8 Å². The first-order valence-corrected chi connectivity index (χ1v) is 12.3. The Bertz CT molecular complexity index is 1620. The van der Waals surface area contributed by atoms with Crippen LogP contribution in [0.5, 0.6) is 0 Å². The van der Waals surface area contributed by atoms with E-state index in [4.69, 9.17) is 0 Å². The summed E-state index contributed by atoms with van der Waals surface area (Å²) in [6, 6.07) is 19.0. The molecule has 0 radical (unpaired) electrons. The Balaban J connectivity index is 1.48. The minimum Gasteiger partial charge on any atom is -0.294 e. The molecule has 3 aromatic carbocycles. The predicted molar refractivity (Wildman–Crippen MR) is 136 cm³/mol. The second-order valence-electron chi connectivity index (χ2n) is 8.45. The molecule has 2 heterocycles. The molecule has 0 atom stereocenters. The summed E-state index contributed by atoms with van der Waals surface area (Å²) in [5, 5.41) is 10.0. The van der Waals surface area contributed by atoms with Gasteiger partial charge in [-0.15, -0.1) is 10.2 Å². The number of benzene rings is 3. The zero-order valence-electron chi connectivity index (χ0n) is 19.4. The highest BCUT2D eigenvalue weighted by atomic mass is 32.2. The first-order chi connectivity index (χ1) is 16.9. The molecule has 0 aliphatic carbocycles. The van der Waals surface area contributed by atoms with Gasteiger partial charge in [0.05, 0.1) is 16.6 Å². The number of hydrogen-bond acceptors (Lipinski definition) is 5. The van der Waals surface area contributed by atoms with Gasteiger partial charge in [-0.25, -0.2) is 8.96 Å². The van der Waals surface area contributed by atoms with Crippen LogP contribution in [-0.4, -0.2) is 30.7 Å². The standard InChI is InChI=1S/C27H23FN4O2S/c1-17-9-10-18(2)23(16-17)31-25(34)21-6-3-4-7-22(21)32-26(31)29-30-27(32)35-15-5-8-24(33)19-11-13-20(28)14-12-19/h3-4,6-7,9-14,16H,5,8,15H2,1-2H3. The van der Waals surface area contributed by atoms with E-state index in [1.54, 1.807) is 4.57 Å². The number of nitrogens with zero attached hydrogens (tertiary/aromatic N) is 4. The zero-order valence-corrected chi connectivity index (χ0v) is 20.2. The monoisotopic (exact) mass is 486 g/mol. The largest absolute Gasteiger partial charge is 0.294 e. The fraction of sp³-hybridized carbons (Fsp3) is 0.185.